The van der Waals surface area contributed by atoms with Crippen molar-refractivity contribution in [3.05, 3.63) is 60.2 Å². The van der Waals surface area contributed by atoms with Crippen molar-refractivity contribution in [2.24, 2.45) is 11.8 Å². The van der Waals surface area contributed by atoms with E-state index < -0.39 is 35.6 Å². The molecule has 3 fully saturated rings. The first kappa shape index (κ1) is 29.5. The Kier molecular flexibility index (Phi) is 9.01. The summed E-state index contributed by atoms with van der Waals surface area (Å²) in [6.45, 7) is 4.62. The largest absolute Gasteiger partial charge is 0.494 e. The molecule has 3 aliphatic heterocycles. The molecule has 2 aromatic rings. The Hall–Kier alpha value is -2.95. The Bertz CT molecular complexity index is 1240. The summed E-state index contributed by atoms with van der Waals surface area (Å²) in [5.41, 5.74) is 0.333. The zero-order valence-electron chi connectivity index (χ0n) is 23.4. The predicted octanol–water partition coefficient (Wildman–Crippen LogP) is 3.29. The van der Waals surface area contributed by atoms with E-state index in [0.717, 1.165) is 18.4 Å². The average Bonchev–Trinajstić information content (AvgIpc) is 3.57. The van der Waals surface area contributed by atoms with E-state index in [-0.39, 0.29) is 29.2 Å². The van der Waals surface area contributed by atoms with Gasteiger partial charge in [0.15, 0.2) is 0 Å². The first-order chi connectivity index (χ1) is 19.8. The smallest absolute Gasteiger partial charge is 0.245 e. The van der Waals surface area contributed by atoms with Gasteiger partial charge in [0.2, 0.25) is 17.7 Å². The average molecular weight is 629 g/mol. The maximum atomic E-state index is 14.3. The van der Waals surface area contributed by atoms with Crippen LogP contribution in [0, 0.1) is 11.8 Å². The molecule has 2 aromatic carbocycles. The molecule has 0 saturated carbocycles. The van der Waals surface area contributed by atoms with Gasteiger partial charge in [-0.15, -0.1) is 0 Å². The molecule has 3 heterocycles. The number of likely N-dealkylation sites (tertiary alicyclic amines) is 1. The van der Waals surface area contributed by atoms with Gasteiger partial charge in [-0.05, 0) is 56.0 Å². The third-order valence-electron chi connectivity index (χ3n) is 8.46. The van der Waals surface area contributed by atoms with Crippen molar-refractivity contribution in [3.63, 3.8) is 0 Å². The van der Waals surface area contributed by atoms with Gasteiger partial charge in [-0.1, -0.05) is 59.6 Å². The number of aliphatic hydroxyl groups is 1. The SMILES string of the molecule is CCCCNC(=O)C1N([C@@H](CO)Cc2ccccc2)C(=O)[C@@H]2[C@@H](C(=O)Nc3ccc(OCC)cc3)[C@@H]3OC12CC3Br. The number of alkyl halides is 1. The summed E-state index contributed by atoms with van der Waals surface area (Å²) < 4.78 is 12.1. The molecule has 7 atom stereocenters. The number of carbonyl (C=O) groups is 3. The number of carbonyl (C=O) groups excluding carboxylic acids is 3. The van der Waals surface area contributed by atoms with Crippen LogP contribution in [-0.4, -0.2) is 76.1 Å². The number of hydrogen-bond donors (Lipinski definition) is 3. The summed E-state index contributed by atoms with van der Waals surface area (Å²) in [5.74, 6) is -1.94. The first-order valence-electron chi connectivity index (χ1n) is 14.4. The fourth-order valence-corrected chi connectivity index (χ4v) is 7.65. The number of benzene rings is 2. The fraction of sp³-hybridized carbons (Fsp3) is 0.516. The molecule has 3 amide bonds. The van der Waals surface area contributed by atoms with Crippen LogP contribution in [-0.2, 0) is 25.5 Å². The van der Waals surface area contributed by atoms with Crippen LogP contribution in [0.2, 0.25) is 0 Å². The first-order valence-corrected chi connectivity index (χ1v) is 15.4. The van der Waals surface area contributed by atoms with Crippen LogP contribution in [0.5, 0.6) is 5.75 Å². The van der Waals surface area contributed by atoms with Crippen molar-refractivity contribution in [1.82, 2.24) is 10.2 Å². The highest BCUT2D eigenvalue weighted by molar-refractivity contribution is 9.09. The minimum absolute atomic E-state index is 0.213. The lowest BCUT2D eigenvalue weighted by molar-refractivity contribution is -0.145. The van der Waals surface area contributed by atoms with E-state index in [9.17, 15) is 19.5 Å². The molecule has 2 bridgehead atoms. The monoisotopic (exact) mass is 627 g/mol. The van der Waals surface area contributed by atoms with E-state index in [1.165, 1.54) is 4.90 Å². The highest BCUT2D eigenvalue weighted by atomic mass is 79.9. The highest BCUT2D eigenvalue weighted by Gasteiger charge is 2.77. The van der Waals surface area contributed by atoms with E-state index in [1.54, 1.807) is 24.3 Å². The molecular weight excluding hydrogens is 590 g/mol. The third kappa shape index (κ3) is 5.49. The standard InChI is InChI=1S/C31H38BrN3O6/c1-3-5-15-33-29(38)27-31-17-23(32)26(41-31)24(28(37)34-20-11-13-22(14-12-20)40-4-2)25(31)30(39)35(27)21(18-36)16-19-9-7-6-8-10-19/h6-14,21,23-27,36H,3-5,15-18H2,1-2H3,(H,33,38)(H,34,37)/t21-,23?,24-,25+,26-,27?,31?/m1/s1. The molecule has 3 unspecified atom stereocenters. The molecule has 0 aromatic heterocycles. The molecule has 3 aliphatic rings. The normalized spacial score (nSPS) is 28.8. The molecule has 5 rings (SSSR count). The fourth-order valence-electron chi connectivity index (χ4n) is 6.71. The lowest BCUT2D eigenvalue weighted by atomic mass is 9.70. The zero-order valence-corrected chi connectivity index (χ0v) is 25.0. The summed E-state index contributed by atoms with van der Waals surface area (Å²) >= 11 is 3.70. The molecule has 1 spiro atoms. The van der Waals surface area contributed by atoms with Gasteiger partial charge >= 0.3 is 0 Å². The van der Waals surface area contributed by atoms with Crippen molar-refractivity contribution in [1.29, 1.82) is 0 Å². The predicted molar refractivity (Wildman–Crippen MR) is 158 cm³/mol. The van der Waals surface area contributed by atoms with Gasteiger partial charge in [0.1, 0.15) is 17.4 Å². The minimum atomic E-state index is -1.18. The number of halogens is 1. The van der Waals surface area contributed by atoms with E-state index >= 15 is 0 Å². The lowest BCUT2D eigenvalue weighted by Gasteiger charge is -2.37. The molecule has 10 heteroatoms. The van der Waals surface area contributed by atoms with Gasteiger partial charge < -0.3 is 30.1 Å². The number of aliphatic hydroxyl groups excluding tert-OH is 1. The number of unbranched alkanes of at least 4 members (excludes halogenated alkanes) is 1. The van der Waals surface area contributed by atoms with Crippen LogP contribution in [0.4, 0.5) is 5.69 Å². The van der Waals surface area contributed by atoms with E-state index in [2.05, 4.69) is 26.6 Å². The molecule has 0 radical (unpaired) electrons. The minimum Gasteiger partial charge on any atom is -0.494 e. The number of hydrogen-bond acceptors (Lipinski definition) is 6. The zero-order chi connectivity index (χ0) is 29.1. The number of anilines is 1. The summed E-state index contributed by atoms with van der Waals surface area (Å²) in [4.78, 5) is 43.3. The second-order valence-corrected chi connectivity index (χ2v) is 12.2. The number of nitrogens with zero attached hydrogens (tertiary/aromatic N) is 1. The van der Waals surface area contributed by atoms with Gasteiger partial charge in [-0.3, -0.25) is 14.4 Å². The quantitative estimate of drug-likeness (QED) is 0.246. The Balaban J connectivity index is 1.47. The van der Waals surface area contributed by atoms with Crippen LogP contribution in [0.1, 0.15) is 38.7 Å². The van der Waals surface area contributed by atoms with Crippen molar-refractivity contribution in [2.45, 2.75) is 68.1 Å². The van der Waals surface area contributed by atoms with Gasteiger partial charge in [0, 0.05) is 17.1 Å². The van der Waals surface area contributed by atoms with Crippen molar-refractivity contribution >= 4 is 39.3 Å². The highest BCUT2D eigenvalue weighted by Crippen LogP contribution is 2.60. The lowest BCUT2D eigenvalue weighted by Crippen LogP contribution is -2.58. The summed E-state index contributed by atoms with van der Waals surface area (Å²) in [6.07, 6.45) is 1.92. The van der Waals surface area contributed by atoms with Crippen LogP contribution in [0.3, 0.4) is 0 Å². The number of ether oxygens (including phenoxy) is 2. The molecule has 9 nitrogen and oxygen atoms in total. The number of amides is 3. The maximum absolute atomic E-state index is 14.3. The Morgan fingerprint density at radius 1 is 1.15 bits per heavy atom. The van der Waals surface area contributed by atoms with Crippen LogP contribution in [0.25, 0.3) is 0 Å². The Labute approximate surface area is 249 Å². The number of nitrogens with one attached hydrogen (secondary N) is 2. The van der Waals surface area contributed by atoms with E-state index in [4.69, 9.17) is 9.47 Å². The van der Waals surface area contributed by atoms with Crippen molar-refractivity contribution in [3.8, 4) is 5.75 Å². The van der Waals surface area contributed by atoms with Crippen LogP contribution in [0.15, 0.2) is 54.6 Å². The van der Waals surface area contributed by atoms with Gasteiger partial charge in [-0.2, -0.15) is 0 Å². The van der Waals surface area contributed by atoms with Crippen LogP contribution >= 0.6 is 15.9 Å². The summed E-state index contributed by atoms with van der Waals surface area (Å²) in [5, 5.41) is 16.5. The topological polar surface area (TPSA) is 117 Å². The van der Waals surface area contributed by atoms with Crippen LogP contribution < -0.4 is 15.4 Å². The van der Waals surface area contributed by atoms with E-state index in [1.807, 2.05) is 44.2 Å². The van der Waals surface area contributed by atoms with E-state index in [0.29, 0.717) is 37.4 Å². The van der Waals surface area contributed by atoms with Crippen molar-refractivity contribution in [2.75, 3.05) is 25.1 Å². The van der Waals surface area contributed by atoms with Gasteiger partial charge in [0.25, 0.3) is 0 Å². The molecule has 41 heavy (non-hydrogen) atoms. The number of rotatable bonds is 12. The molecular formula is C31H38BrN3O6. The molecule has 3 N–H and O–H groups in total. The molecule has 220 valence electrons. The maximum Gasteiger partial charge on any atom is 0.245 e. The second kappa shape index (κ2) is 12.5. The molecule has 3 saturated heterocycles. The summed E-state index contributed by atoms with van der Waals surface area (Å²) in [6, 6.07) is 15.0. The van der Waals surface area contributed by atoms with Gasteiger partial charge in [-0.25, -0.2) is 0 Å². The van der Waals surface area contributed by atoms with Gasteiger partial charge in [0.05, 0.1) is 37.2 Å². The Morgan fingerprint density at radius 3 is 2.54 bits per heavy atom. The number of fused-ring (bicyclic) bond motifs is 1. The Morgan fingerprint density at radius 2 is 1.88 bits per heavy atom. The van der Waals surface area contributed by atoms with Crippen molar-refractivity contribution < 1.29 is 29.0 Å². The second-order valence-electron chi connectivity index (χ2n) is 11.0. The summed E-state index contributed by atoms with van der Waals surface area (Å²) in [7, 11) is 0. The molecule has 0 aliphatic carbocycles. The third-order valence-corrected chi connectivity index (χ3v) is 9.30.